The van der Waals surface area contributed by atoms with Crippen molar-refractivity contribution in [3.05, 3.63) is 65.6 Å². The van der Waals surface area contributed by atoms with Crippen molar-refractivity contribution < 1.29 is 22.3 Å². The molecule has 4 N–H and O–H groups in total. The van der Waals surface area contributed by atoms with Gasteiger partial charge in [-0.3, -0.25) is 0 Å². The minimum atomic E-state index is -3.04. The number of piperazine rings is 2. The fourth-order valence-electron chi connectivity index (χ4n) is 4.86. The molecule has 4 heterocycles. The summed E-state index contributed by atoms with van der Waals surface area (Å²) in [5, 5.41) is 9.37. The van der Waals surface area contributed by atoms with Crippen molar-refractivity contribution in [2.24, 2.45) is 0 Å². The fraction of sp³-hybridized carbons (Fsp3) is 0.379. The molecular weight excluding hydrogens is 552 g/mol. The van der Waals surface area contributed by atoms with Crippen LogP contribution in [0.15, 0.2) is 42.7 Å². The zero-order valence-corrected chi connectivity index (χ0v) is 23.5. The molecule has 2 aromatic carbocycles. The number of aromatic amines is 1. The number of likely N-dealkylation sites (N-methyl/N-ethyl adjacent to an activating group) is 1. The van der Waals surface area contributed by atoms with Gasteiger partial charge in [-0.15, -0.1) is 0 Å². The zero-order chi connectivity index (χ0) is 29.6. The molecule has 0 amide bonds. The van der Waals surface area contributed by atoms with Crippen molar-refractivity contribution in [1.29, 1.82) is 0 Å². The highest BCUT2D eigenvalue weighted by Crippen LogP contribution is 2.38. The third kappa shape index (κ3) is 6.92. The van der Waals surface area contributed by atoms with Crippen LogP contribution in [-0.4, -0.2) is 79.3 Å². The highest BCUT2D eigenvalue weighted by Gasteiger charge is 2.25. The molecular formula is C29H34F4N8O. The monoisotopic (exact) mass is 586 g/mol. The fourth-order valence-corrected chi connectivity index (χ4v) is 4.86. The van der Waals surface area contributed by atoms with Gasteiger partial charge in [0, 0.05) is 80.9 Å². The van der Waals surface area contributed by atoms with Gasteiger partial charge in [0.2, 0.25) is 5.88 Å². The number of H-pyrrole nitrogens is 1. The molecule has 0 bridgehead atoms. The van der Waals surface area contributed by atoms with Crippen molar-refractivity contribution >= 4 is 28.1 Å². The summed E-state index contributed by atoms with van der Waals surface area (Å²) in [6.07, 6.45) is -2.02. The van der Waals surface area contributed by atoms with Crippen LogP contribution in [0.25, 0.3) is 10.9 Å². The average Bonchev–Trinajstić information content (AvgIpc) is 3.40. The van der Waals surface area contributed by atoms with Crippen LogP contribution in [0.3, 0.4) is 0 Å². The van der Waals surface area contributed by atoms with E-state index in [-0.39, 0.29) is 16.7 Å². The number of rotatable bonds is 6. The summed E-state index contributed by atoms with van der Waals surface area (Å²) in [7, 11) is 2.15. The first-order chi connectivity index (χ1) is 20.3. The zero-order valence-electron chi connectivity index (χ0n) is 23.5. The minimum absolute atomic E-state index is 0.0317. The first-order valence-electron chi connectivity index (χ1n) is 13.8. The summed E-state index contributed by atoms with van der Waals surface area (Å²) in [5.41, 5.74) is 1.39. The molecule has 13 heteroatoms. The molecule has 0 spiro atoms. The molecule has 0 saturated carbocycles. The number of hydrogen-bond acceptors (Lipinski definition) is 8. The number of aromatic nitrogens is 3. The number of anilines is 3. The lowest BCUT2D eigenvalue weighted by atomic mass is 10.2. The van der Waals surface area contributed by atoms with Crippen molar-refractivity contribution in [3.63, 3.8) is 0 Å². The highest BCUT2D eigenvalue weighted by molar-refractivity contribution is 5.83. The van der Waals surface area contributed by atoms with Crippen LogP contribution in [0.2, 0.25) is 0 Å². The van der Waals surface area contributed by atoms with E-state index in [1.54, 1.807) is 19.1 Å². The molecule has 0 aliphatic carbocycles. The molecule has 224 valence electrons. The molecule has 9 nitrogen and oxygen atoms in total. The molecule has 0 radical (unpaired) electrons. The van der Waals surface area contributed by atoms with E-state index in [0.29, 0.717) is 11.4 Å². The molecule has 2 fully saturated rings. The van der Waals surface area contributed by atoms with E-state index in [4.69, 9.17) is 4.74 Å². The van der Waals surface area contributed by atoms with Gasteiger partial charge in [0.1, 0.15) is 17.7 Å². The van der Waals surface area contributed by atoms with Gasteiger partial charge in [-0.2, -0.15) is 0 Å². The first-order valence-corrected chi connectivity index (χ1v) is 13.8. The summed E-state index contributed by atoms with van der Waals surface area (Å²) < 4.78 is 62.9. The van der Waals surface area contributed by atoms with E-state index >= 15 is 0 Å². The van der Waals surface area contributed by atoms with Crippen molar-refractivity contribution in [2.75, 3.05) is 69.6 Å². The Bertz CT molecular complexity index is 1490. The van der Waals surface area contributed by atoms with Gasteiger partial charge in [0.05, 0.1) is 5.52 Å². The molecule has 6 rings (SSSR count). The molecule has 4 aromatic rings. The van der Waals surface area contributed by atoms with Crippen LogP contribution in [-0.2, 0) is 0 Å². The summed E-state index contributed by atoms with van der Waals surface area (Å²) in [6, 6.07) is 9.50. The van der Waals surface area contributed by atoms with Gasteiger partial charge in [0.15, 0.2) is 17.4 Å². The summed E-state index contributed by atoms with van der Waals surface area (Å²) in [4.78, 5) is 15.0. The maximum Gasteiger partial charge on any atom is 0.272 e. The molecule has 2 aliphatic heterocycles. The Morgan fingerprint density at radius 1 is 0.929 bits per heavy atom. The number of nitrogens with zero attached hydrogens (tertiary/aromatic N) is 4. The molecule has 0 atom stereocenters. The quantitative estimate of drug-likeness (QED) is 0.236. The Morgan fingerprint density at radius 3 is 2.21 bits per heavy atom. The predicted octanol–water partition coefficient (Wildman–Crippen LogP) is 4.95. The van der Waals surface area contributed by atoms with Crippen LogP contribution in [0, 0.1) is 18.6 Å². The number of fused-ring (bicyclic) bond motifs is 1. The SMILES string of the molecule is CN1CCNCC1.Cc1cc2c(F)c(Oc3ncnc(Nc4ccc(N5CCNCC5)cc4)c3C(F)F)cc(F)c2[nH]1. The van der Waals surface area contributed by atoms with E-state index in [0.717, 1.165) is 57.3 Å². The molecule has 2 aliphatic rings. The number of benzene rings is 2. The van der Waals surface area contributed by atoms with E-state index in [1.165, 1.54) is 19.2 Å². The van der Waals surface area contributed by atoms with Crippen LogP contribution in [0.4, 0.5) is 34.8 Å². The molecule has 42 heavy (non-hydrogen) atoms. The van der Waals surface area contributed by atoms with Crippen molar-refractivity contribution in [2.45, 2.75) is 13.3 Å². The number of ether oxygens (including phenoxy) is 1. The Morgan fingerprint density at radius 2 is 1.60 bits per heavy atom. The average molecular weight is 587 g/mol. The Hall–Kier alpha value is -3.94. The van der Waals surface area contributed by atoms with Crippen molar-refractivity contribution in [1.82, 2.24) is 30.5 Å². The van der Waals surface area contributed by atoms with E-state index in [9.17, 15) is 17.6 Å². The maximum absolute atomic E-state index is 15.0. The van der Waals surface area contributed by atoms with Crippen molar-refractivity contribution in [3.8, 4) is 11.6 Å². The van der Waals surface area contributed by atoms with Crippen LogP contribution in [0.5, 0.6) is 11.6 Å². The lowest BCUT2D eigenvalue weighted by Gasteiger charge is -2.29. The smallest absolute Gasteiger partial charge is 0.272 e. The van der Waals surface area contributed by atoms with Crippen LogP contribution < -0.4 is 25.6 Å². The predicted molar refractivity (Wildman–Crippen MR) is 155 cm³/mol. The lowest BCUT2D eigenvalue weighted by Crippen LogP contribution is -2.43. The molecule has 2 aromatic heterocycles. The minimum Gasteiger partial charge on any atom is -0.435 e. The maximum atomic E-state index is 15.0. The Kier molecular flexibility index (Phi) is 9.40. The number of hydrogen-bond donors (Lipinski definition) is 4. The van der Waals surface area contributed by atoms with Crippen LogP contribution >= 0.6 is 0 Å². The second kappa shape index (κ2) is 13.4. The van der Waals surface area contributed by atoms with Gasteiger partial charge < -0.3 is 35.5 Å². The molecule has 0 unspecified atom stereocenters. The van der Waals surface area contributed by atoms with Crippen LogP contribution in [0.1, 0.15) is 17.7 Å². The first kappa shape index (κ1) is 29.5. The third-order valence-corrected chi connectivity index (χ3v) is 7.13. The second-order valence-corrected chi connectivity index (χ2v) is 10.2. The summed E-state index contributed by atoms with van der Waals surface area (Å²) >= 11 is 0. The third-order valence-electron chi connectivity index (χ3n) is 7.13. The summed E-state index contributed by atoms with van der Waals surface area (Å²) in [6.45, 7) is 9.92. The molecule has 2 saturated heterocycles. The largest absolute Gasteiger partial charge is 0.435 e. The van der Waals surface area contributed by atoms with Gasteiger partial charge >= 0.3 is 0 Å². The highest BCUT2D eigenvalue weighted by atomic mass is 19.3. The number of alkyl halides is 2. The Balaban J connectivity index is 0.000000442. The van der Waals surface area contributed by atoms with Gasteiger partial charge in [-0.1, -0.05) is 0 Å². The van der Waals surface area contributed by atoms with E-state index < -0.39 is 35.3 Å². The standard InChI is InChI=1S/C24H22F4N6O.C5H12N2/c1-13-10-16-20(26)18(11-17(25)21(16)32-13)35-24-19(22(27)28)23(30-12-31-24)33-14-2-4-15(5-3-14)34-8-6-29-7-9-34;1-7-4-2-6-3-5-7/h2-5,10-12,22,29,32H,6-9H2,1H3,(H,30,31,33);6H,2-5H2,1H3. The number of nitrogens with one attached hydrogen (secondary N) is 4. The van der Waals surface area contributed by atoms with E-state index in [1.807, 2.05) is 12.1 Å². The lowest BCUT2D eigenvalue weighted by molar-refractivity contribution is 0.147. The topological polar surface area (TPSA) is 93.4 Å². The number of aryl methyl sites for hydroxylation is 1. The van der Waals surface area contributed by atoms with E-state index in [2.05, 4.69) is 47.7 Å². The van der Waals surface area contributed by atoms with Gasteiger partial charge in [0.25, 0.3) is 6.43 Å². The summed E-state index contributed by atoms with van der Waals surface area (Å²) in [5.74, 6) is -2.98. The van der Waals surface area contributed by atoms with Gasteiger partial charge in [-0.25, -0.2) is 27.5 Å². The Labute approximate surface area is 241 Å². The number of halogens is 4. The second-order valence-electron chi connectivity index (χ2n) is 10.2. The van der Waals surface area contributed by atoms with Gasteiger partial charge in [-0.05, 0) is 44.3 Å². The normalized spacial score (nSPS) is 15.9.